The topological polar surface area (TPSA) is 48.9 Å². The standard InChI is InChI=1S/C25H36N4O/c1-3-26-25(27-16-13-22-9-11-24(30-2)12-10-22)28-19-23-15-18-29(20-23)17-14-21-7-5-4-6-8-21/h4-12,23H,3,13-20H2,1-2H3,(H2,26,27,28). The van der Waals surface area contributed by atoms with Crippen molar-refractivity contribution in [3.8, 4) is 5.75 Å². The summed E-state index contributed by atoms with van der Waals surface area (Å²) in [5.41, 5.74) is 2.72. The Labute approximate surface area is 181 Å². The summed E-state index contributed by atoms with van der Waals surface area (Å²) in [4.78, 5) is 7.44. The highest BCUT2D eigenvalue weighted by atomic mass is 16.5. The molecular formula is C25H36N4O. The molecule has 1 unspecified atom stereocenters. The minimum absolute atomic E-state index is 0.651. The van der Waals surface area contributed by atoms with E-state index in [1.807, 2.05) is 12.1 Å². The maximum absolute atomic E-state index is 5.22. The van der Waals surface area contributed by atoms with Gasteiger partial charge in [0.1, 0.15) is 5.75 Å². The molecule has 5 heteroatoms. The van der Waals surface area contributed by atoms with Crippen LogP contribution in [0, 0.1) is 5.92 Å². The smallest absolute Gasteiger partial charge is 0.191 e. The number of benzene rings is 2. The summed E-state index contributed by atoms with van der Waals surface area (Å²) in [6.45, 7) is 8.23. The van der Waals surface area contributed by atoms with Crippen LogP contribution in [0.1, 0.15) is 24.5 Å². The maximum atomic E-state index is 5.22. The molecule has 1 saturated heterocycles. The van der Waals surface area contributed by atoms with Crippen molar-refractivity contribution in [2.75, 3.05) is 46.4 Å². The van der Waals surface area contributed by atoms with Crippen molar-refractivity contribution in [1.29, 1.82) is 0 Å². The van der Waals surface area contributed by atoms with Crippen LogP contribution in [-0.2, 0) is 12.8 Å². The summed E-state index contributed by atoms with van der Waals surface area (Å²) in [6.07, 6.45) is 3.33. The van der Waals surface area contributed by atoms with E-state index in [1.165, 1.54) is 24.1 Å². The molecule has 0 bridgehead atoms. The van der Waals surface area contributed by atoms with Gasteiger partial charge in [0.15, 0.2) is 5.96 Å². The molecule has 1 aliphatic heterocycles. The van der Waals surface area contributed by atoms with Crippen molar-refractivity contribution in [3.05, 3.63) is 65.7 Å². The largest absolute Gasteiger partial charge is 0.497 e. The second-order valence-electron chi connectivity index (χ2n) is 7.94. The van der Waals surface area contributed by atoms with Crippen LogP contribution < -0.4 is 15.4 Å². The van der Waals surface area contributed by atoms with Gasteiger partial charge in [0.25, 0.3) is 0 Å². The third kappa shape index (κ3) is 7.38. The average Bonchev–Trinajstić information content (AvgIpc) is 3.25. The first kappa shape index (κ1) is 22.2. The molecule has 0 radical (unpaired) electrons. The molecule has 0 aliphatic carbocycles. The first-order valence-corrected chi connectivity index (χ1v) is 11.2. The number of guanidine groups is 1. The van der Waals surface area contributed by atoms with Crippen molar-refractivity contribution >= 4 is 5.96 Å². The summed E-state index contributed by atoms with van der Waals surface area (Å²) >= 11 is 0. The zero-order valence-corrected chi connectivity index (χ0v) is 18.4. The lowest BCUT2D eigenvalue weighted by molar-refractivity contribution is 0.329. The van der Waals surface area contributed by atoms with E-state index in [-0.39, 0.29) is 0 Å². The van der Waals surface area contributed by atoms with Gasteiger partial charge in [-0.1, -0.05) is 42.5 Å². The average molecular weight is 409 g/mol. The van der Waals surface area contributed by atoms with E-state index in [4.69, 9.17) is 9.73 Å². The van der Waals surface area contributed by atoms with E-state index >= 15 is 0 Å². The Hall–Kier alpha value is -2.53. The molecule has 2 aromatic carbocycles. The molecule has 1 fully saturated rings. The molecule has 5 nitrogen and oxygen atoms in total. The Morgan fingerprint density at radius 1 is 1.03 bits per heavy atom. The summed E-state index contributed by atoms with van der Waals surface area (Å²) in [6, 6.07) is 19.0. The summed E-state index contributed by atoms with van der Waals surface area (Å²) in [5.74, 6) is 2.47. The van der Waals surface area contributed by atoms with Gasteiger partial charge in [-0.2, -0.15) is 0 Å². The van der Waals surface area contributed by atoms with Crippen LogP contribution in [0.15, 0.2) is 59.6 Å². The molecule has 0 aromatic heterocycles. The molecule has 0 spiro atoms. The van der Waals surface area contributed by atoms with Gasteiger partial charge in [-0.15, -0.1) is 0 Å². The fourth-order valence-corrected chi connectivity index (χ4v) is 3.88. The predicted octanol–water partition coefficient (Wildman–Crippen LogP) is 3.36. The first-order valence-electron chi connectivity index (χ1n) is 11.2. The molecular weight excluding hydrogens is 372 g/mol. The van der Waals surface area contributed by atoms with Crippen molar-refractivity contribution in [3.63, 3.8) is 0 Å². The molecule has 1 atom stereocenters. The number of aliphatic imine (C=N–C) groups is 1. The maximum Gasteiger partial charge on any atom is 0.191 e. The van der Waals surface area contributed by atoms with E-state index in [2.05, 4.69) is 64.9 Å². The summed E-state index contributed by atoms with van der Waals surface area (Å²) < 4.78 is 5.22. The highest BCUT2D eigenvalue weighted by molar-refractivity contribution is 5.79. The molecule has 162 valence electrons. The zero-order valence-electron chi connectivity index (χ0n) is 18.4. The van der Waals surface area contributed by atoms with Crippen LogP contribution >= 0.6 is 0 Å². The van der Waals surface area contributed by atoms with Crippen molar-refractivity contribution in [2.45, 2.75) is 26.2 Å². The summed E-state index contributed by atoms with van der Waals surface area (Å²) in [5, 5.41) is 6.85. The molecule has 0 amide bonds. The normalized spacial score (nSPS) is 17.1. The summed E-state index contributed by atoms with van der Waals surface area (Å²) in [7, 11) is 1.70. The van der Waals surface area contributed by atoms with E-state index in [0.717, 1.165) is 57.3 Å². The second kappa shape index (κ2) is 12.2. The third-order valence-corrected chi connectivity index (χ3v) is 5.65. The Morgan fingerprint density at radius 2 is 1.80 bits per heavy atom. The molecule has 1 aliphatic rings. The van der Waals surface area contributed by atoms with Gasteiger partial charge in [-0.3, -0.25) is 4.99 Å². The number of likely N-dealkylation sites (tertiary alicyclic amines) is 1. The Kier molecular flexibility index (Phi) is 9.04. The van der Waals surface area contributed by atoms with Gasteiger partial charge in [0.2, 0.25) is 0 Å². The fraction of sp³-hybridized carbons (Fsp3) is 0.480. The number of methoxy groups -OCH3 is 1. The van der Waals surface area contributed by atoms with Gasteiger partial charge < -0.3 is 20.3 Å². The van der Waals surface area contributed by atoms with Crippen LogP contribution in [0.3, 0.4) is 0 Å². The van der Waals surface area contributed by atoms with Crippen LogP contribution in [0.25, 0.3) is 0 Å². The van der Waals surface area contributed by atoms with Gasteiger partial charge in [0.05, 0.1) is 7.11 Å². The van der Waals surface area contributed by atoms with Crippen molar-refractivity contribution in [1.82, 2.24) is 15.5 Å². The lowest BCUT2D eigenvalue weighted by Gasteiger charge is -2.16. The zero-order chi connectivity index (χ0) is 21.0. The Morgan fingerprint density at radius 3 is 2.53 bits per heavy atom. The minimum Gasteiger partial charge on any atom is -0.497 e. The van der Waals surface area contributed by atoms with Crippen molar-refractivity contribution < 1.29 is 4.74 Å². The molecule has 0 saturated carbocycles. The van der Waals surface area contributed by atoms with Gasteiger partial charge in [-0.25, -0.2) is 0 Å². The number of nitrogens with zero attached hydrogens (tertiary/aromatic N) is 2. The quantitative estimate of drug-likeness (QED) is 0.468. The number of hydrogen-bond acceptors (Lipinski definition) is 3. The highest BCUT2D eigenvalue weighted by Gasteiger charge is 2.21. The Balaban J connectivity index is 1.39. The van der Waals surface area contributed by atoms with Gasteiger partial charge in [-0.05, 0) is 61.9 Å². The first-order chi connectivity index (χ1) is 14.8. The number of ether oxygens (including phenoxy) is 1. The van der Waals surface area contributed by atoms with Crippen LogP contribution in [0.5, 0.6) is 5.75 Å². The van der Waals surface area contributed by atoms with Crippen LogP contribution in [-0.4, -0.2) is 57.2 Å². The van der Waals surface area contributed by atoms with Crippen molar-refractivity contribution in [2.24, 2.45) is 10.9 Å². The minimum atomic E-state index is 0.651. The number of nitrogens with one attached hydrogen (secondary N) is 2. The predicted molar refractivity (Wildman–Crippen MR) is 125 cm³/mol. The van der Waals surface area contributed by atoms with E-state index in [9.17, 15) is 0 Å². The molecule has 30 heavy (non-hydrogen) atoms. The second-order valence-corrected chi connectivity index (χ2v) is 7.94. The van der Waals surface area contributed by atoms with Crippen LogP contribution in [0.4, 0.5) is 0 Å². The number of hydrogen-bond donors (Lipinski definition) is 2. The fourth-order valence-electron chi connectivity index (χ4n) is 3.88. The van der Waals surface area contributed by atoms with E-state index in [0.29, 0.717) is 5.92 Å². The lowest BCUT2D eigenvalue weighted by atomic mass is 10.1. The van der Waals surface area contributed by atoms with Crippen LogP contribution in [0.2, 0.25) is 0 Å². The monoisotopic (exact) mass is 408 g/mol. The molecule has 3 rings (SSSR count). The molecule has 2 N–H and O–H groups in total. The Bertz CT molecular complexity index is 760. The number of rotatable bonds is 10. The SMILES string of the molecule is CCNC(=NCC1CCN(CCc2ccccc2)C1)NCCc1ccc(OC)cc1. The van der Waals surface area contributed by atoms with Gasteiger partial charge in [0, 0.05) is 32.7 Å². The van der Waals surface area contributed by atoms with Gasteiger partial charge >= 0.3 is 0 Å². The molecule has 2 aromatic rings. The molecule has 1 heterocycles. The lowest BCUT2D eigenvalue weighted by Crippen LogP contribution is -2.38. The van der Waals surface area contributed by atoms with E-state index < -0.39 is 0 Å². The third-order valence-electron chi connectivity index (χ3n) is 5.65. The highest BCUT2D eigenvalue weighted by Crippen LogP contribution is 2.17. The van der Waals surface area contributed by atoms with E-state index in [1.54, 1.807) is 7.11 Å².